The van der Waals surface area contributed by atoms with Gasteiger partial charge in [0.15, 0.2) is 0 Å². The maximum atomic E-state index is 13.3. The third-order valence-corrected chi connectivity index (χ3v) is 5.25. The second-order valence-electron chi connectivity index (χ2n) is 8.14. The van der Waals surface area contributed by atoms with Gasteiger partial charge < -0.3 is 19.1 Å². The molecule has 1 aliphatic heterocycles. The number of fused-ring (bicyclic) bond motifs is 1. The van der Waals surface area contributed by atoms with Gasteiger partial charge in [0.25, 0.3) is 5.91 Å². The second-order valence-corrected chi connectivity index (χ2v) is 8.58. The fourth-order valence-corrected chi connectivity index (χ4v) is 3.84. The lowest BCUT2D eigenvalue weighted by Gasteiger charge is -2.35. The molecule has 2 aromatic rings. The Hall–Kier alpha value is -2.21. The molecule has 1 aromatic carbocycles. The van der Waals surface area contributed by atoms with Crippen molar-refractivity contribution in [1.29, 1.82) is 0 Å². The molecule has 1 aromatic heterocycles. The van der Waals surface area contributed by atoms with Crippen molar-refractivity contribution in [2.45, 2.75) is 46.8 Å². The third kappa shape index (κ3) is 3.97. The molecule has 152 valence electrons. The highest BCUT2D eigenvalue weighted by Gasteiger charge is 2.30. The Morgan fingerprint density at radius 1 is 1.11 bits per heavy atom. The first-order valence-electron chi connectivity index (χ1n) is 9.68. The van der Waals surface area contributed by atoms with Gasteiger partial charge in [-0.1, -0.05) is 11.6 Å². The topological polar surface area (TPSA) is 54.8 Å². The highest BCUT2D eigenvalue weighted by Crippen LogP contribution is 2.29. The maximum Gasteiger partial charge on any atom is 0.410 e. The van der Waals surface area contributed by atoms with Gasteiger partial charge in [0, 0.05) is 48.6 Å². The van der Waals surface area contributed by atoms with Crippen molar-refractivity contribution in [1.82, 2.24) is 14.4 Å². The summed E-state index contributed by atoms with van der Waals surface area (Å²) in [5.74, 6) is -0.00416. The number of benzene rings is 1. The molecule has 1 saturated heterocycles. The highest BCUT2D eigenvalue weighted by atomic mass is 35.5. The summed E-state index contributed by atoms with van der Waals surface area (Å²) in [6.07, 6.45) is -0.326. The summed E-state index contributed by atoms with van der Waals surface area (Å²) >= 11 is 6.16. The molecule has 7 heteroatoms. The van der Waals surface area contributed by atoms with Crippen LogP contribution in [0.15, 0.2) is 18.2 Å². The highest BCUT2D eigenvalue weighted by molar-refractivity contribution is 6.31. The van der Waals surface area contributed by atoms with Crippen LogP contribution in [0.3, 0.4) is 0 Å². The van der Waals surface area contributed by atoms with Crippen LogP contribution in [0.2, 0.25) is 5.02 Å². The van der Waals surface area contributed by atoms with E-state index in [1.54, 1.807) is 4.90 Å². The number of halogens is 1. The molecular weight excluding hydrogens is 378 g/mol. The summed E-state index contributed by atoms with van der Waals surface area (Å²) in [5, 5.41) is 1.67. The first kappa shape index (κ1) is 20.5. The molecule has 2 amide bonds. The summed E-state index contributed by atoms with van der Waals surface area (Å²) in [7, 11) is 0. The van der Waals surface area contributed by atoms with Gasteiger partial charge in [0.1, 0.15) is 11.3 Å². The van der Waals surface area contributed by atoms with Gasteiger partial charge in [-0.15, -0.1) is 0 Å². The van der Waals surface area contributed by atoms with Crippen LogP contribution in [0.5, 0.6) is 0 Å². The van der Waals surface area contributed by atoms with Gasteiger partial charge >= 0.3 is 6.09 Å². The van der Waals surface area contributed by atoms with Gasteiger partial charge in [-0.25, -0.2) is 4.79 Å². The molecule has 0 aliphatic carbocycles. The number of ether oxygens (including phenoxy) is 1. The van der Waals surface area contributed by atoms with Gasteiger partial charge in [0.05, 0.1) is 0 Å². The number of hydrogen-bond donors (Lipinski definition) is 0. The Morgan fingerprint density at radius 3 is 2.29 bits per heavy atom. The quantitative estimate of drug-likeness (QED) is 0.747. The Kier molecular flexibility index (Phi) is 5.62. The summed E-state index contributed by atoms with van der Waals surface area (Å²) in [6, 6.07) is 5.73. The SMILES string of the molecule is CCn1c(C(=O)N2CCN(C(=O)OC(C)(C)C)CC2)c(C)c2cc(Cl)ccc21. The zero-order chi connectivity index (χ0) is 20.6. The lowest BCUT2D eigenvalue weighted by Crippen LogP contribution is -2.52. The van der Waals surface area contributed by atoms with Gasteiger partial charge in [0.2, 0.25) is 0 Å². The van der Waals surface area contributed by atoms with E-state index in [0.29, 0.717) is 43.4 Å². The fourth-order valence-electron chi connectivity index (χ4n) is 3.67. The molecule has 6 nitrogen and oxygen atoms in total. The molecule has 1 fully saturated rings. The van der Waals surface area contributed by atoms with Crippen LogP contribution in [0, 0.1) is 6.92 Å². The third-order valence-electron chi connectivity index (χ3n) is 5.02. The lowest BCUT2D eigenvalue weighted by molar-refractivity contribution is 0.0139. The molecular formula is C21H28ClN3O3. The van der Waals surface area contributed by atoms with E-state index < -0.39 is 5.60 Å². The van der Waals surface area contributed by atoms with Crippen molar-refractivity contribution in [3.63, 3.8) is 0 Å². The number of aromatic nitrogens is 1. The lowest BCUT2D eigenvalue weighted by atomic mass is 10.1. The van der Waals surface area contributed by atoms with Crippen molar-refractivity contribution < 1.29 is 14.3 Å². The fraction of sp³-hybridized carbons (Fsp3) is 0.524. The minimum atomic E-state index is -0.523. The van der Waals surface area contributed by atoms with Crippen LogP contribution >= 0.6 is 11.6 Å². The van der Waals surface area contributed by atoms with E-state index in [2.05, 4.69) is 0 Å². The van der Waals surface area contributed by atoms with Crippen molar-refractivity contribution >= 4 is 34.5 Å². The Balaban J connectivity index is 1.79. The molecule has 3 rings (SSSR count). The van der Waals surface area contributed by atoms with E-state index in [9.17, 15) is 9.59 Å². The zero-order valence-corrected chi connectivity index (χ0v) is 18.0. The van der Waals surface area contributed by atoms with E-state index in [1.807, 2.05) is 62.3 Å². The van der Waals surface area contributed by atoms with Crippen LogP contribution in [0.1, 0.15) is 43.7 Å². The summed E-state index contributed by atoms with van der Waals surface area (Å²) in [4.78, 5) is 29.0. The molecule has 0 spiro atoms. The van der Waals surface area contributed by atoms with Gasteiger partial charge in [-0.2, -0.15) is 0 Å². The van der Waals surface area contributed by atoms with E-state index in [0.717, 1.165) is 16.5 Å². The molecule has 0 saturated carbocycles. The predicted octanol–water partition coefficient (Wildman–Crippen LogP) is 4.32. The van der Waals surface area contributed by atoms with Crippen LogP contribution in [-0.4, -0.2) is 58.1 Å². The molecule has 28 heavy (non-hydrogen) atoms. The second kappa shape index (κ2) is 7.66. The van der Waals surface area contributed by atoms with Crippen LogP contribution in [-0.2, 0) is 11.3 Å². The number of piperazine rings is 1. The number of carbonyl (C=O) groups excluding carboxylic acids is 2. The zero-order valence-electron chi connectivity index (χ0n) is 17.2. The summed E-state index contributed by atoms with van der Waals surface area (Å²) in [6.45, 7) is 12.2. The number of carbonyl (C=O) groups is 2. The standard InChI is InChI=1S/C21H28ClN3O3/c1-6-25-17-8-7-15(22)13-16(17)14(2)18(25)19(26)23-9-11-24(12-10-23)20(27)28-21(3,4)5/h7-8,13H,6,9-12H2,1-5H3. The first-order valence-corrected chi connectivity index (χ1v) is 10.1. The van der Waals surface area contributed by atoms with Crippen LogP contribution in [0.4, 0.5) is 4.79 Å². The van der Waals surface area contributed by atoms with Gasteiger partial charge in [-0.05, 0) is 58.4 Å². The van der Waals surface area contributed by atoms with Crippen LogP contribution in [0.25, 0.3) is 10.9 Å². The number of rotatable bonds is 2. The van der Waals surface area contributed by atoms with E-state index in [1.165, 1.54) is 0 Å². The summed E-state index contributed by atoms with van der Waals surface area (Å²) in [5.41, 5.74) is 2.13. The van der Waals surface area contributed by atoms with Gasteiger partial charge in [-0.3, -0.25) is 4.79 Å². The monoisotopic (exact) mass is 405 g/mol. The van der Waals surface area contributed by atoms with E-state index in [4.69, 9.17) is 16.3 Å². The molecule has 0 radical (unpaired) electrons. The minimum absolute atomic E-state index is 0.00416. The van der Waals surface area contributed by atoms with E-state index >= 15 is 0 Å². The Morgan fingerprint density at radius 2 is 1.71 bits per heavy atom. The molecule has 2 heterocycles. The number of amides is 2. The number of aryl methyl sites for hydroxylation is 2. The van der Waals surface area contributed by atoms with E-state index in [-0.39, 0.29) is 12.0 Å². The minimum Gasteiger partial charge on any atom is -0.444 e. The smallest absolute Gasteiger partial charge is 0.410 e. The molecule has 0 unspecified atom stereocenters. The molecule has 1 aliphatic rings. The Bertz CT molecular complexity index is 906. The average Bonchev–Trinajstić information content (AvgIpc) is 2.91. The number of nitrogens with zero attached hydrogens (tertiary/aromatic N) is 3. The predicted molar refractivity (Wildman–Crippen MR) is 111 cm³/mol. The van der Waals surface area contributed by atoms with Crippen molar-refractivity contribution in [3.8, 4) is 0 Å². The summed E-state index contributed by atoms with van der Waals surface area (Å²) < 4.78 is 7.48. The largest absolute Gasteiger partial charge is 0.444 e. The van der Waals surface area contributed by atoms with Crippen LogP contribution < -0.4 is 0 Å². The first-order chi connectivity index (χ1) is 13.1. The van der Waals surface area contributed by atoms with Crippen molar-refractivity contribution in [2.24, 2.45) is 0 Å². The molecule has 0 atom stereocenters. The Labute approximate surface area is 171 Å². The van der Waals surface area contributed by atoms with Crippen molar-refractivity contribution in [3.05, 3.63) is 34.5 Å². The molecule has 0 bridgehead atoms. The normalized spacial score (nSPS) is 15.2. The van der Waals surface area contributed by atoms with Crippen molar-refractivity contribution in [2.75, 3.05) is 26.2 Å². The molecule has 0 N–H and O–H groups in total. The average molecular weight is 406 g/mol. The number of hydrogen-bond acceptors (Lipinski definition) is 3. The maximum absolute atomic E-state index is 13.3.